The van der Waals surface area contributed by atoms with Crippen LogP contribution in [0.4, 0.5) is 17.1 Å². The molecule has 0 saturated carbocycles. The maximum Gasteiger partial charge on any atom is 0.113 e. The molecule has 6 heterocycles. The third kappa shape index (κ3) is 8.59. The van der Waals surface area contributed by atoms with Crippen molar-refractivity contribution in [2.75, 3.05) is 73.8 Å². The van der Waals surface area contributed by atoms with Crippen LogP contribution in [-0.2, 0) is 25.9 Å². The summed E-state index contributed by atoms with van der Waals surface area (Å²) in [4.78, 5) is 10.4. The van der Waals surface area contributed by atoms with Crippen molar-refractivity contribution in [3.8, 4) is 0 Å². The minimum atomic E-state index is -0.0239. The van der Waals surface area contributed by atoms with E-state index >= 15 is 0 Å². The first-order valence-electron chi connectivity index (χ1n) is 22.7. The first kappa shape index (κ1) is 43.0. The molecule has 0 N–H and O–H groups in total. The summed E-state index contributed by atoms with van der Waals surface area (Å²) in [6, 6.07) is 26.8. The van der Waals surface area contributed by atoms with Crippen LogP contribution in [0.25, 0.3) is 0 Å². The maximum atomic E-state index is 6.11. The van der Waals surface area contributed by atoms with Crippen molar-refractivity contribution in [2.45, 2.75) is 155 Å². The van der Waals surface area contributed by atoms with Crippen LogP contribution in [0.3, 0.4) is 0 Å². The summed E-state index contributed by atoms with van der Waals surface area (Å²) in [5, 5.41) is 0. The molecular formula is C52H78N4O2. The van der Waals surface area contributed by atoms with Gasteiger partial charge in [0.05, 0.1) is 13.2 Å². The molecule has 0 radical (unpaired) electrons. The van der Waals surface area contributed by atoms with E-state index in [1.54, 1.807) is 5.56 Å². The van der Waals surface area contributed by atoms with Gasteiger partial charge in [-0.15, -0.1) is 0 Å². The van der Waals surface area contributed by atoms with Crippen molar-refractivity contribution in [1.82, 2.24) is 4.90 Å². The second-order valence-electron chi connectivity index (χ2n) is 22.8. The Morgan fingerprint density at radius 2 is 0.983 bits per heavy atom. The molecule has 0 bridgehead atoms. The fourth-order valence-electron chi connectivity index (χ4n) is 11.1. The number of anilines is 3. The van der Waals surface area contributed by atoms with E-state index in [0.717, 1.165) is 39.3 Å². The molecule has 3 fully saturated rings. The van der Waals surface area contributed by atoms with E-state index < -0.39 is 0 Å². The van der Waals surface area contributed by atoms with E-state index in [4.69, 9.17) is 9.47 Å². The summed E-state index contributed by atoms with van der Waals surface area (Å²) in [5.41, 5.74) is 10.3. The van der Waals surface area contributed by atoms with Gasteiger partial charge in [0.2, 0.25) is 0 Å². The number of hydrogen-bond acceptors (Lipinski definition) is 6. The van der Waals surface area contributed by atoms with Crippen LogP contribution in [0.2, 0.25) is 0 Å². The van der Waals surface area contributed by atoms with Gasteiger partial charge in [0.15, 0.2) is 0 Å². The highest BCUT2D eigenvalue weighted by molar-refractivity contribution is 5.65. The molecule has 58 heavy (non-hydrogen) atoms. The number of ether oxygens (including phenoxy) is 2. The van der Waals surface area contributed by atoms with Crippen LogP contribution in [0.15, 0.2) is 72.8 Å². The number of benzene rings is 3. The largest absolute Gasteiger partial charge is 0.380 e. The zero-order valence-corrected chi connectivity index (χ0v) is 38.6. The summed E-state index contributed by atoms with van der Waals surface area (Å²) < 4.78 is 11.8. The number of piperidine rings is 1. The fraction of sp³-hybridized carbons (Fsp3) is 0.654. The van der Waals surface area contributed by atoms with Gasteiger partial charge in [-0.2, -0.15) is 0 Å². The van der Waals surface area contributed by atoms with Crippen LogP contribution in [0, 0.1) is 5.41 Å². The van der Waals surface area contributed by atoms with Crippen molar-refractivity contribution < 1.29 is 9.47 Å². The van der Waals surface area contributed by atoms with Crippen molar-refractivity contribution in [2.24, 2.45) is 5.41 Å². The lowest BCUT2D eigenvalue weighted by molar-refractivity contribution is 0.0123. The minimum absolute atomic E-state index is 0.0239. The lowest BCUT2D eigenvalue weighted by atomic mass is 9.73. The van der Waals surface area contributed by atoms with E-state index in [9.17, 15) is 0 Å². The molecule has 3 aromatic carbocycles. The molecule has 3 aromatic rings. The first-order chi connectivity index (χ1) is 27.2. The smallest absolute Gasteiger partial charge is 0.113 e. The Morgan fingerprint density at radius 1 is 0.500 bits per heavy atom. The van der Waals surface area contributed by atoms with Crippen molar-refractivity contribution in [1.29, 1.82) is 0 Å². The Labute approximate surface area is 353 Å². The number of rotatable bonds is 1. The molecule has 6 heteroatoms. The SMILES string of the molecule is CC(C)(C)CN1CCC2(CC1)CN(C(C)(C)C)c1ccccc12.CC(C)(C)N1CC2(CCCO2)c2ccccc21.CC(C)(C)N1CCC2(CCOC2)c2ccccc21. The van der Waals surface area contributed by atoms with E-state index in [1.165, 1.54) is 86.5 Å². The van der Waals surface area contributed by atoms with Gasteiger partial charge in [0.1, 0.15) is 5.60 Å². The van der Waals surface area contributed by atoms with Gasteiger partial charge in [0.25, 0.3) is 0 Å². The molecule has 318 valence electrons. The standard InChI is InChI=1S/C21H34N2.C16H23NO.C15H21NO/c1-19(2,3)15-22-13-11-21(12-14-22)16-23(20(4,5)6)18-10-8-7-9-17(18)21;1-15(2,3)17-10-8-16(9-11-18-12-16)13-6-4-5-7-14(13)17;1-14(2,3)16-11-15(9-6-10-17-15)12-7-4-5-8-13(12)16/h7-10H,11-16H2,1-6H3;4-7H,8-12H2,1-3H3;4-5,7-8H,6,9-11H2,1-3H3. The third-order valence-corrected chi connectivity index (χ3v) is 14.1. The highest BCUT2D eigenvalue weighted by atomic mass is 16.5. The summed E-state index contributed by atoms with van der Waals surface area (Å²) in [6.07, 6.45) is 7.35. The van der Waals surface area contributed by atoms with Gasteiger partial charge in [-0.25, -0.2) is 0 Å². The van der Waals surface area contributed by atoms with Crippen LogP contribution in [0.5, 0.6) is 0 Å². The van der Waals surface area contributed by atoms with Crippen LogP contribution in [0.1, 0.15) is 138 Å². The number of nitrogens with zero attached hydrogens (tertiary/aromatic N) is 4. The van der Waals surface area contributed by atoms with Gasteiger partial charge in [0, 0.05) is 82.9 Å². The summed E-state index contributed by atoms with van der Waals surface area (Å²) in [7, 11) is 0. The summed E-state index contributed by atoms with van der Waals surface area (Å²) >= 11 is 0. The van der Waals surface area contributed by atoms with Gasteiger partial charge < -0.3 is 29.1 Å². The molecule has 6 aliphatic rings. The normalized spacial score (nSPS) is 25.3. The van der Waals surface area contributed by atoms with Crippen LogP contribution in [-0.4, -0.2) is 80.6 Å². The van der Waals surface area contributed by atoms with Gasteiger partial charge in [-0.1, -0.05) is 75.4 Å². The second-order valence-corrected chi connectivity index (χ2v) is 22.8. The monoisotopic (exact) mass is 791 g/mol. The molecular weight excluding hydrogens is 713 g/mol. The molecule has 3 spiro atoms. The minimum Gasteiger partial charge on any atom is -0.380 e. The first-order valence-corrected chi connectivity index (χ1v) is 22.7. The second kappa shape index (κ2) is 15.8. The topological polar surface area (TPSA) is 31.4 Å². The Balaban J connectivity index is 0.000000134. The predicted octanol–water partition coefficient (Wildman–Crippen LogP) is 11.3. The molecule has 9 rings (SSSR count). The van der Waals surface area contributed by atoms with Crippen molar-refractivity contribution in [3.63, 3.8) is 0 Å². The van der Waals surface area contributed by atoms with Crippen molar-refractivity contribution in [3.05, 3.63) is 89.5 Å². The Morgan fingerprint density at radius 3 is 1.48 bits per heavy atom. The van der Waals surface area contributed by atoms with Crippen LogP contribution < -0.4 is 14.7 Å². The van der Waals surface area contributed by atoms with Gasteiger partial charge >= 0.3 is 0 Å². The predicted molar refractivity (Wildman–Crippen MR) is 246 cm³/mol. The molecule has 2 unspecified atom stereocenters. The molecule has 6 nitrogen and oxygen atoms in total. The molecule has 3 saturated heterocycles. The summed E-state index contributed by atoms with van der Waals surface area (Å²) in [5.74, 6) is 0. The van der Waals surface area contributed by atoms with Gasteiger partial charge in [-0.3, -0.25) is 0 Å². The summed E-state index contributed by atoms with van der Waals surface area (Å²) in [6.45, 7) is 37.6. The maximum absolute atomic E-state index is 6.11. The zero-order valence-electron chi connectivity index (χ0n) is 38.6. The highest BCUT2D eigenvalue weighted by Gasteiger charge is 2.49. The number of hydrogen-bond donors (Lipinski definition) is 0. The average Bonchev–Trinajstić information content (AvgIpc) is 3.96. The molecule has 0 aliphatic carbocycles. The van der Waals surface area contributed by atoms with E-state index in [1.807, 2.05) is 0 Å². The van der Waals surface area contributed by atoms with E-state index in [2.05, 4.69) is 175 Å². The molecule has 2 atom stereocenters. The highest BCUT2D eigenvalue weighted by Crippen LogP contribution is 2.51. The molecule has 0 amide bonds. The molecule has 0 aromatic heterocycles. The zero-order chi connectivity index (χ0) is 41.8. The molecule has 6 aliphatic heterocycles. The van der Waals surface area contributed by atoms with E-state index in [0.29, 0.717) is 16.2 Å². The Kier molecular flexibility index (Phi) is 11.7. The average molecular weight is 791 g/mol. The quantitative estimate of drug-likeness (QED) is 0.244. The van der Waals surface area contributed by atoms with Crippen LogP contribution >= 0.6 is 0 Å². The third-order valence-electron chi connectivity index (χ3n) is 14.1. The Hall–Kier alpha value is -3.06. The van der Waals surface area contributed by atoms with E-state index in [-0.39, 0.29) is 22.2 Å². The lowest BCUT2D eigenvalue weighted by Crippen LogP contribution is -2.49. The number of likely N-dealkylation sites (tertiary alicyclic amines) is 1. The lowest BCUT2D eigenvalue weighted by Gasteiger charge is -2.47. The number of para-hydroxylation sites is 3. The van der Waals surface area contributed by atoms with Crippen molar-refractivity contribution >= 4 is 17.1 Å². The number of fused-ring (bicyclic) bond motifs is 6. The Bertz CT molecular complexity index is 1850. The van der Waals surface area contributed by atoms with Gasteiger partial charge in [-0.05, 0) is 149 Å². The fourth-order valence-corrected chi connectivity index (χ4v) is 11.1.